The van der Waals surface area contributed by atoms with Gasteiger partial charge in [0.25, 0.3) is 0 Å². The van der Waals surface area contributed by atoms with Crippen LogP contribution in [0.25, 0.3) is 0 Å². The fraction of sp³-hybridized carbons (Fsp3) is 0.667. The van der Waals surface area contributed by atoms with Crippen LogP contribution in [-0.4, -0.2) is 18.8 Å². The summed E-state index contributed by atoms with van der Waals surface area (Å²) in [6, 6.07) is 4.39. The number of benzene rings is 1. The van der Waals surface area contributed by atoms with Crippen LogP contribution in [0, 0.1) is 13.8 Å². The van der Waals surface area contributed by atoms with Gasteiger partial charge in [0, 0.05) is 0 Å². The molecule has 112 valence electrons. The Morgan fingerprint density at radius 2 is 1.85 bits per heavy atom. The standard InChI is InChI=1S/C18H28O2/c1-6-14(11-18-16(7-2)20-18)15-9-10-17(19-8-3)13(5)12(15)4/h9-10,14,16,18H,6-8,11H2,1-5H3. The highest BCUT2D eigenvalue weighted by Gasteiger charge is 2.38. The van der Waals surface area contributed by atoms with Crippen molar-refractivity contribution in [1.29, 1.82) is 0 Å². The van der Waals surface area contributed by atoms with Gasteiger partial charge < -0.3 is 9.47 Å². The van der Waals surface area contributed by atoms with Crippen molar-refractivity contribution in [3.63, 3.8) is 0 Å². The van der Waals surface area contributed by atoms with E-state index < -0.39 is 0 Å². The summed E-state index contributed by atoms with van der Waals surface area (Å²) in [5, 5.41) is 0. The minimum absolute atomic E-state index is 0.483. The van der Waals surface area contributed by atoms with Crippen LogP contribution in [0.15, 0.2) is 12.1 Å². The Balaban J connectivity index is 2.15. The third-order valence-corrected chi connectivity index (χ3v) is 4.62. The van der Waals surface area contributed by atoms with Crippen molar-refractivity contribution >= 4 is 0 Å². The van der Waals surface area contributed by atoms with Crippen molar-refractivity contribution in [1.82, 2.24) is 0 Å². The molecule has 1 saturated heterocycles. The summed E-state index contributed by atoms with van der Waals surface area (Å²) in [5.41, 5.74) is 4.14. The van der Waals surface area contributed by atoms with Crippen molar-refractivity contribution in [2.45, 2.75) is 72.0 Å². The summed E-state index contributed by atoms with van der Waals surface area (Å²) >= 11 is 0. The van der Waals surface area contributed by atoms with Crippen LogP contribution in [0.2, 0.25) is 0 Å². The molecule has 0 aliphatic carbocycles. The monoisotopic (exact) mass is 276 g/mol. The lowest BCUT2D eigenvalue weighted by Gasteiger charge is -2.20. The van der Waals surface area contributed by atoms with Gasteiger partial charge in [-0.3, -0.25) is 0 Å². The molecule has 1 aromatic rings. The number of hydrogen-bond donors (Lipinski definition) is 0. The van der Waals surface area contributed by atoms with Gasteiger partial charge in [-0.25, -0.2) is 0 Å². The van der Waals surface area contributed by atoms with Crippen molar-refractivity contribution in [2.24, 2.45) is 0 Å². The van der Waals surface area contributed by atoms with Gasteiger partial charge in [-0.1, -0.05) is 19.9 Å². The fourth-order valence-electron chi connectivity index (χ4n) is 3.11. The Labute approximate surface area is 123 Å². The van der Waals surface area contributed by atoms with Gasteiger partial charge in [0.2, 0.25) is 0 Å². The van der Waals surface area contributed by atoms with Crippen molar-refractivity contribution in [2.75, 3.05) is 6.61 Å². The van der Waals surface area contributed by atoms with Crippen LogP contribution >= 0.6 is 0 Å². The predicted octanol–water partition coefficient (Wildman–Crippen LogP) is 4.76. The maximum Gasteiger partial charge on any atom is 0.122 e. The lowest BCUT2D eigenvalue weighted by atomic mass is 9.86. The van der Waals surface area contributed by atoms with Crippen LogP contribution in [0.3, 0.4) is 0 Å². The molecule has 2 rings (SSSR count). The second kappa shape index (κ2) is 6.62. The molecule has 0 bridgehead atoms. The minimum Gasteiger partial charge on any atom is -0.494 e. The lowest BCUT2D eigenvalue weighted by Crippen LogP contribution is -2.07. The highest BCUT2D eigenvalue weighted by atomic mass is 16.6. The Hall–Kier alpha value is -1.02. The van der Waals surface area contributed by atoms with Gasteiger partial charge in [-0.05, 0) is 68.7 Å². The maximum atomic E-state index is 5.73. The molecule has 0 saturated carbocycles. The first-order valence-electron chi connectivity index (χ1n) is 8.00. The van der Waals surface area contributed by atoms with E-state index in [-0.39, 0.29) is 0 Å². The first-order chi connectivity index (χ1) is 9.62. The first-order valence-corrected chi connectivity index (χ1v) is 8.00. The molecule has 1 aliphatic heterocycles. The second-order valence-corrected chi connectivity index (χ2v) is 5.80. The molecular formula is C18H28O2. The number of epoxide rings is 1. The summed E-state index contributed by atoms with van der Waals surface area (Å²) in [7, 11) is 0. The summed E-state index contributed by atoms with van der Waals surface area (Å²) < 4.78 is 11.4. The van der Waals surface area contributed by atoms with E-state index in [1.807, 2.05) is 6.92 Å². The minimum atomic E-state index is 0.483. The summed E-state index contributed by atoms with van der Waals surface area (Å²) in [6.45, 7) is 11.6. The molecule has 1 fully saturated rings. The quantitative estimate of drug-likeness (QED) is 0.669. The van der Waals surface area contributed by atoms with Crippen LogP contribution in [0.4, 0.5) is 0 Å². The molecule has 20 heavy (non-hydrogen) atoms. The summed E-state index contributed by atoms with van der Waals surface area (Å²) in [6.07, 6.45) is 4.46. The molecular weight excluding hydrogens is 248 g/mol. The smallest absolute Gasteiger partial charge is 0.122 e. The topological polar surface area (TPSA) is 21.8 Å². The van der Waals surface area contributed by atoms with E-state index in [2.05, 4.69) is 39.8 Å². The predicted molar refractivity (Wildman–Crippen MR) is 83.7 cm³/mol. The Kier molecular flexibility index (Phi) is 5.09. The Morgan fingerprint density at radius 3 is 2.40 bits per heavy atom. The van der Waals surface area contributed by atoms with Crippen molar-refractivity contribution < 1.29 is 9.47 Å². The molecule has 0 amide bonds. The highest BCUT2D eigenvalue weighted by molar-refractivity contribution is 5.45. The number of hydrogen-bond acceptors (Lipinski definition) is 2. The van der Waals surface area contributed by atoms with Crippen LogP contribution in [0.1, 0.15) is 62.6 Å². The van der Waals surface area contributed by atoms with E-state index in [1.165, 1.54) is 23.1 Å². The van der Waals surface area contributed by atoms with E-state index in [0.717, 1.165) is 25.2 Å². The molecule has 3 atom stereocenters. The summed E-state index contributed by atoms with van der Waals surface area (Å²) in [5.74, 6) is 1.63. The zero-order chi connectivity index (χ0) is 14.7. The molecule has 0 N–H and O–H groups in total. The molecule has 1 heterocycles. The fourth-order valence-corrected chi connectivity index (χ4v) is 3.11. The van der Waals surface area contributed by atoms with Crippen molar-refractivity contribution in [3.8, 4) is 5.75 Å². The second-order valence-electron chi connectivity index (χ2n) is 5.80. The average molecular weight is 276 g/mol. The Morgan fingerprint density at radius 1 is 1.10 bits per heavy atom. The average Bonchev–Trinajstić information content (AvgIpc) is 3.21. The molecule has 2 heteroatoms. The maximum absolute atomic E-state index is 5.73. The Bertz CT molecular complexity index is 453. The largest absolute Gasteiger partial charge is 0.494 e. The summed E-state index contributed by atoms with van der Waals surface area (Å²) in [4.78, 5) is 0. The SMILES string of the molecule is CCOc1ccc(C(CC)CC2OC2CC)c(C)c1C. The number of ether oxygens (including phenoxy) is 2. The third kappa shape index (κ3) is 3.17. The van der Waals surface area contributed by atoms with Gasteiger partial charge in [0.1, 0.15) is 5.75 Å². The van der Waals surface area contributed by atoms with E-state index >= 15 is 0 Å². The van der Waals surface area contributed by atoms with Gasteiger partial charge in [0.05, 0.1) is 18.8 Å². The zero-order valence-corrected chi connectivity index (χ0v) is 13.5. The number of rotatable bonds is 7. The molecule has 3 unspecified atom stereocenters. The van der Waals surface area contributed by atoms with Crippen molar-refractivity contribution in [3.05, 3.63) is 28.8 Å². The van der Waals surface area contributed by atoms with E-state index in [0.29, 0.717) is 18.1 Å². The molecule has 1 aliphatic rings. The van der Waals surface area contributed by atoms with Crippen LogP contribution in [0.5, 0.6) is 5.75 Å². The van der Waals surface area contributed by atoms with E-state index in [1.54, 1.807) is 0 Å². The van der Waals surface area contributed by atoms with E-state index in [4.69, 9.17) is 9.47 Å². The normalized spacial score (nSPS) is 22.6. The van der Waals surface area contributed by atoms with Gasteiger partial charge in [-0.15, -0.1) is 0 Å². The third-order valence-electron chi connectivity index (χ3n) is 4.62. The van der Waals surface area contributed by atoms with E-state index in [9.17, 15) is 0 Å². The van der Waals surface area contributed by atoms with Crippen LogP contribution < -0.4 is 4.74 Å². The molecule has 2 nitrogen and oxygen atoms in total. The first kappa shape index (κ1) is 15.4. The highest BCUT2D eigenvalue weighted by Crippen LogP contribution is 2.38. The molecule has 0 spiro atoms. The lowest BCUT2D eigenvalue weighted by molar-refractivity contribution is 0.337. The van der Waals surface area contributed by atoms with Gasteiger partial charge in [-0.2, -0.15) is 0 Å². The molecule has 1 aromatic carbocycles. The molecule has 0 radical (unpaired) electrons. The van der Waals surface area contributed by atoms with Gasteiger partial charge in [0.15, 0.2) is 0 Å². The van der Waals surface area contributed by atoms with Crippen LogP contribution in [-0.2, 0) is 4.74 Å². The van der Waals surface area contributed by atoms with Gasteiger partial charge >= 0.3 is 0 Å². The molecule has 0 aromatic heterocycles. The zero-order valence-electron chi connectivity index (χ0n) is 13.5.